The maximum Gasteiger partial charge on any atom is 0.327 e. The van der Waals surface area contributed by atoms with E-state index in [1.165, 1.54) is 70.6 Å². The summed E-state index contributed by atoms with van der Waals surface area (Å²) in [6.07, 6.45) is 17.3. The third-order valence-electron chi connectivity index (χ3n) is 6.26. The van der Waals surface area contributed by atoms with E-state index in [2.05, 4.69) is 21.9 Å². The number of hydrogen-bond acceptors (Lipinski definition) is 8. The second kappa shape index (κ2) is 22.1. The van der Waals surface area contributed by atoms with Gasteiger partial charge < -0.3 is 25.5 Å². The Morgan fingerprint density at radius 1 is 0.615 bits per heavy atom. The van der Waals surface area contributed by atoms with Crippen LogP contribution in [0.3, 0.4) is 0 Å². The van der Waals surface area contributed by atoms with Crippen LogP contribution in [0.5, 0.6) is 0 Å². The van der Waals surface area contributed by atoms with Gasteiger partial charge in [-0.15, -0.1) is 0 Å². The molecule has 2 heterocycles. The van der Waals surface area contributed by atoms with Crippen LogP contribution in [-0.2, 0) is 4.79 Å². The summed E-state index contributed by atoms with van der Waals surface area (Å²) in [4.78, 5) is 51.3. The van der Waals surface area contributed by atoms with Crippen molar-refractivity contribution in [2.24, 2.45) is 5.41 Å². The van der Waals surface area contributed by atoms with Crippen LogP contribution in [0.2, 0.25) is 0 Å². The fourth-order valence-electron chi connectivity index (χ4n) is 3.55. The molecule has 0 bridgehead atoms. The highest BCUT2D eigenvalue weighted by Gasteiger charge is 2.26. The van der Waals surface area contributed by atoms with Crippen molar-refractivity contribution >= 4 is 17.1 Å². The van der Waals surface area contributed by atoms with E-state index in [0.29, 0.717) is 6.42 Å². The van der Waals surface area contributed by atoms with Gasteiger partial charge in [-0.3, -0.25) is 29.5 Å². The number of carboxylic acids is 1. The van der Waals surface area contributed by atoms with E-state index in [0.717, 1.165) is 12.8 Å². The predicted octanol–water partition coefficient (Wildman–Crippen LogP) is 1.73. The number of hydrogen-bond donors (Lipinski definition) is 9. The van der Waals surface area contributed by atoms with Crippen molar-refractivity contribution in [2.45, 2.75) is 96.8 Å². The summed E-state index contributed by atoms with van der Waals surface area (Å²) in [6.45, 7) is 0.635. The lowest BCUT2D eigenvalue weighted by Crippen LogP contribution is -2.37. The largest absolute Gasteiger partial charge is 0.481 e. The Hall–Kier alpha value is -2.74. The van der Waals surface area contributed by atoms with Gasteiger partial charge in [-0.05, 0) is 6.42 Å². The number of carboxylic acid groups (broad SMARTS) is 1. The van der Waals surface area contributed by atoms with E-state index < -0.39 is 54.8 Å². The number of carbonyl (C=O) groups is 1. The Labute approximate surface area is 227 Å². The van der Waals surface area contributed by atoms with E-state index in [9.17, 15) is 19.2 Å². The van der Waals surface area contributed by atoms with Gasteiger partial charge in [0.2, 0.25) is 0 Å². The number of H-pyrrole nitrogens is 4. The highest BCUT2D eigenvalue weighted by Crippen LogP contribution is 2.13. The zero-order valence-electron chi connectivity index (χ0n) is 23.1. The molecule has 2 rings (SSSR count). The lowest BCUT2D eigenvalue weighted by Gasteiger charge is -2.23. The molecule has 0 aromatic carbocycles. The summed E-state index contributed by atoms with van der Waals surface area (Å²) in [6, 6.07) is 0. The zero-order chi connectivity index (χ0) is 29.5. The third kappa shape index (κ3) is 16.7. The minimum Gasteiger partial charge on any atom is -0.481 e. The molecule has 13 nitrogen and oxygen atoms in total. The van der Waals surface area contributed by atoms with E-state index >= 15 is 0 Å². The van der Waals surface area contributed by atoms with Crippen molar-refractivity contribution in [3.05, 3.63) is 31.3 Å². The van der Waals surface area contributed by atoms with E-state index in [-0.39, 0.29) is 11.2 Å². The van der Waals surface area contributed by atoms with Gasteiger partial charge in [-0.25, -0.2) is 9.59 Å². The van der Waals surface area contributed by atoms with Gasteiger partial charge in [0.25, 0.3) is 5.56 Å². The molecular formula is C26H48N4O9. The molecule has 0 saturated heterocycles. The number of aliphatic hydroxyl groups is 4. The number of aromatic amines is 4. The molecule has 13 heteroatoms. The van der Waals surface area contributed by atoms with Gasteiger partial charge in [-0.1, -0.05) is 84.0 Å². The van der Waals surface area contributed by atoms with Crippen LogP contribution < -0.4 is 16.9 Å². The Bertz CT molecular complexity index is 1040. The Kier molecular flexibility index (Phi) is 20.6. The van der Waals surface area contributed by atoms with E-state index in [1.54, 1.807) is 0 Å². The standard InChI is InChI=1S/C16H32O2.C5H4N4O3.C5H12O4/c1-2-3-4-5-6-7-8-9-10-11-12-13-14-15-16(17)18;10-3-1-2(7-4(11)6-1)8-5(12)9-3;6-1-5(2-7,3-8)4-9/h2-15H2,1H3,(H,17,18);(H4,6,7,8,9,10,11,12);6-9H,1-4H2. The molecule has 9 N–H and O–H groups in total. The number of aliphatic carboxylic acids is 1. The molecule has 0 fully saturated rings. The molecule has 2 aromatic rings. The summed E-state index contributed by atoms with van der Waals surface area (Å²) < 4.78 is 0. The number of imidazole rings is 1. The van der Waals surface area contributed by atoms with Crippen molar-refractivity contribution < 1.29 is 30.3 Å². The number of aromatic nitrogens is 4. The predicted molar refractivity (Wildman–Crippen MR) is 149 cm³/mol. The van der Waals surface area contributed by atoms with Crippen LogP contribution in [0.4, 0.5) is 0 Å². The summed E-state index contributed by atoms with van der Waals surface area (Å²) in [5, 5.41) is 42.5. The van der Waals surface area contributed by atoms with Crippen molar-refractivity contribution in [3.8, 4) is 0 Å². The van der Waals surface area contributed by atoms with Gasteiger partial charge in [-0.2, -0.15) is 0 Å². The van der Waals surface area contributed by atoms with E-state index in [1.807, 2.05) is 4.98 Å². The molecule has 0 saturated carbocycles. The average molecular weight is 561 g/mol. The van der Waals surface area contributed by atoms with Crippen molar-refractivity contribution in [1.82, 2.24) is 19.9 Å². The van der Waals surface area contributed by atoms with Crippen molar-refractivity contribution in [3.63, 3.8) is 0 Å². The van der Waals surface area contributed by atoms with Crippen molar-refractivity contribution in [1.29, 1.82) is 0 Å². The van der Waals surface area contributed by atoms with Gasteiger partial charge >= 0.3 is 17.3 Å². The van der Waals surface area contributed by atoms with Crippen LogP contribution in [0.25, 0.3) is 11.2 Å². The zero-order valence-corrected chi connectivity index (χ0v) is 23.1. The summed E-state index contributed by atoms with van der Waals surface area (Å²) >= 11 is 0. The van der Waals surface area contributed by atoms with Crippen LogP contribution >= 0.6 is 0 Å². The number of aliphatic hydroxyl groups excluding tert-OH is 4. The fraction of sp³-hybridized carbons (Fsp3) is 0.769. The summed E-state index contributed by atoms with van der Waals surface area (Å²) in [5.74, 6) is -0.655. The first-order valence-electron chi connectivity index (χ1n) is 13.8. The number of fused-ring (bicyclic) bond motifs is 1. The first kappa shape index (κ1) is 36.3. The first-order valence-corrected chi connectivity index (χ1v) is 13.8. The van der Waals surface area contributed by atoms with Crippen LogP contribution in [-0.4, -0.2) is 77.9 Å². The lowest BCUT2D eigenvalue weighted by molar-refractivity contribution is -0.137. The SMILES string of the molecule is CCCCCCCCCCCCCCCC(=O)O.O=c1[nH]c(=O)c2[nH]c(=O)[nH]c2[nH]1.OCC(CO)(CO)CO. The second-order valence-corrected chi connectivity index (χ2v) is 9.76. The Balaban J connectivity index is 0.000000592. The van der Waals surface area contributed by atoms with Crippen molar-refractivity contribution in [2.75, 3.05) is 26.4 Å². The maximum absolute atomic E-state index is 10.9. The third-order valence-corrected chi connectivity index (χ3v) is 6.26. The first-order chi connectivity index (χ1) is 18.7. The molecule has 0 aliphatic rings. The summed E-state index contributed by atoms with van der Waals surface area (Å²) in [7, 11) is 0. The Morgan fingerprint density at radius 3 is 1.36 bits per heavy atom. The molecule has 0 aliphatic carbocycles. The highest BCUT2D eigenvalue weighted by molar-refractivity contribution is 5.67. The van der Waals surface area contributed by atoms with Gasteiger partial charge in [0.05, 0.1) is 31.8 Å². The smallest absolute Gasteiger partial charge is 0.327 e. The topological polar surface area (TPSA) is 233 Å². The molecule has 0 aliphatic heterocycles. The Morgan fingerprint density at radius 2 is 1.00 bits per heavy atom. The molecule has 0 spiro atoms. The van der Waals surface area contributed by atoms with Gasteiger partial charge in [0.1, 0.15) is 11.2 Å². The molecule has 0 atom stereocenters. The van der Waals surface area contributed by atoms with Crippen LogP contribution in [0, 0.1) is 5.41 Å². The molecule has 39 heavy (non-hydrogen) atoms. The van der Waals surface area contributed by atoms with Gasteiger partial charge in [0, 0.05) is 6.42 Å². The highest BCUT2D eigenvalue weighted by atomic mass is 16.4. The minimum absolute atomic E-state index is 0.0413. The number of nitrogens with one attached hydrogen (secondary N) is 4. The maximum atomic E-state index is 10.9. The molecule has 0 unspecified atom stereocenters. The minimum atomic E-state index is -1.11. The second-order valence-electron chi connectivity index (χ2n) is 9.76. The number of rotatable bonds is 18. The lowest BCUT2D eigenvalue weighted by atomic mass is 9.93. The molecule has 226 valence electrons. The summed E-state index contributed by atoms with van der Waals surface area (Å²) in [5.41, 5.74) is -2.76. The molecular weight excluding hydrogens is 512 g/mol. The van der Waals surface area contributed by atoms with E-state index in [4.69, 9.17) is 25.5 Å². The van der Waals surface area contributed by atoms with Crippen LogP contribution in [0.1, 0.15) is 96.8 Å². The normalized spacial score (nSPS) is 11.0. The quantitative estimate of drug-likeness (QED) is 0.121. The average Bonchev–Trinajstić information content (AvgIpc) is 3.29. The van der Waals surface area contributed by atoms with Crippen LogP contribution in [0.15, 0.2) is 14.4 Å². The molecule has 2 aromatic heterocycles. The molecule has 0 amide bonds. The monoisotopic (exact) mass is 560 g/mol. The fourth-order valence-corrected chi connectivity index (χ4v) is 3.55. The molecule has 0 radical (unpaired) electrons. The number of unbranched alkanes of at least 4 members (excludes halogenated alkanes) is 12. The van der Waals surface area contributed by atoms with Gasteiger partial charge in [0.15, 0.2) is 0 Å².